The molecule has 2 aromatic rings. The minimum absolute atomic E-state index is 0.102. The van der Waals surface area contributed by atoms with E-state index in [-0.39, 0.29) is 41.2 Å². The van der Waals surface area contributed by atoms with E-state index in [4.69, 9.17) is 9.47 Å². The molecule has 0 spiro atoms. The number of piperidine rings is 1. The molecule has 0 saturated carbocycles. The van der Waals surface area contributed by atoms with Crippen molar-refractivity contribution in [3.63, 3.8) is 0 Å². The molecule has 2 aliphatic rings. The molecule has 0 atom stereocenters. The molecule has 2 aliphatic heterocycles. The van der Waals surface area contributed by atoms with Crippen molar-refractivity contribution < 1.29 is 33.7 Å². The van der Waals surface area contributed by atoms with Gasteiger partial charge in [-0.1, -0.05) is 13.0 Å². The summed E-state index contributed by atoms with van der Waals surface area (Å²) in [6.07, 6.45) is 3.25. The van der Waals surface area contributed by atoms with Gasteiger partial charge >= 0.3 is 5.69 Å². The summed E-state index contributed by atoms with van der Waals surface area (Å²) in [6.45, 7) is 4.94. The van der Waals surface area contributed by atoms with Crippen LogP contribution in [0, 0.1) is 26.1 Å². The maximum Gasteiger partial charge on any atom is 0.318 e. The monoisotopic (exact) mass is 570 g/mol. The lowest BCUT2D eigenvalue weighted by Gasteiger charge is -2.31. The lowest BCUT2D eigenvalue weighted by Crippen LogP contribution is -2.45. The number of thioether (sulfide) groups is 1. The van der Waals surface area contributed by atoms with Crippen LogP contribution in [-0.2, 0) is 9.59 Å². The van der Waals surface area contributed by atoms with Crippen molar-refractivity contribution in [1.82, 2.24) is 9.80 Å². The fraction of sp³-hybridized carbons (Fsp3) is 0.346. The first-order valence-electron chi connectivity index (χ1n) is 12.5. The van der Waals surface area contributed by atoms with Crippen molar-refractivity contribution in [2.45, 2.75) is 26.7 Å². The van der Waals surface area contributed by atoms with Crippen molar-refractivity contribution in [3.05, 3.63) is 67.1 Å². The van der Waals surface area contributed by atoms with Crippen LogP contribution < -0.4 is 9.47 Å². The van der Waals surface area contributed by atoms with Gasteiger partial charge in [0, 0.05) is 19.2 Å². The Balaban J connectivity index is 1.53. The van der Waals surface area contributed by atoms with Crippen LogP contribution in [-0.4, -0.2) is 62.9 Å². The molecule has 2 aromatic carbocycles. The second kappa shape index (κ2) is 12.2. The van der Waals surface area contributed by atoms with E-state index in [1.807, 2.05) is 0 Å². The molecule has 0 bridgehead atoms. The number of carbonyl (C=O) groups is 3. The zero-order valence-corrected chi connectivity index (χ0v) is 22.5. The predicted molar refractivity (Wildman–Crippen MR) is 145 cm³/mol. The van der Waals surface area contributed by atoms with Gasteiger partial charge in [-0.2, -0.15) is 0 Å². The average molecular weight is 571 g/mol. The van der Waals surface area contributed by atoms with Crippen molar-refractivity contribution in [2.24, 2.45) is 5.92 Å². The fourth-order valence-corrected chi connectivity index (χ4v) is 5.05. The zero-order chi connectivity index (χ0) is 29.0. The normalized spacial score (nSPS) is 16.9. The standard InChI is InChI=1S/C26H26N4O9S/c1-3-38-22-12-17(4-6-21(22)39-20-7-5-18(29(34)35)14-19(20)30(36)37)13-23-25(32)28(26(33)40-23)15-24(31)27-10-8-16(2)9-11-27/h4-7,12-14,16H,3,8-11,15H2,1-2H3/b23-13+. The van der Waals surface area contributed by atoms with Gasteiger partial charge in [-0.25, -0.2) is 0 Å². The minimum Gasteiger partial charge on any atom is -0.490 e. The summed E-state index contributed by atoms with van der Waals surface area (Å²) in [6, 6.07) is 7.57. The summed E-state index contributed by atoms with van der Waals surface area (Å²) >= 11 is 0.726. The molecule has 0 aromatic heterocycles. The third-order valence-electron chi connectivity index (χ3n) is 6.44. The average Bonchev–Trinajstić information content (AvgIpc) is 3.17. The number of nitro benzene ring substituents is 2. The molecule has 0 aliphatic carbocycles. The fourth-order valence-electron chi connectivity index (χ4n) is 4.21. The molecule has 2 heterocycles. The van der Waals surface area contributed by atoms with Crippen LogP contribution in [0.1, 0.15) is 32.3 Å². The van der Waals surface area contributed by atoms with Crippen molar-refractivity contribution in [3.8, 4) is 17.2 Å². The number of benzene rings is 2. The van der Waals surface area contributed by atoms with Gasteiger partial charge in [-0.3, -0.25) is 39.5 Å². The van der Waals surface area contributed by atoms with E-state index in [2.05, 4.69) is 6.92 Å². The van der Waals surface area contributed by atoms with E-state index in [1.165, 1.54) is 18.2 Å². The molecule has 2 fully saturated rings. The Hall–Kier alpha value is -4.46. The summed E-state index contributed by atoms with van der Waals surface area (Å²) in [7, 11) is 0. The van der Waals surface area contributed by atoms with Gasteiger partial charge in [0.05, 0.1) is 27.4 Å². The maximum atomic E-state index is 13.0. The number of hydrogen-bond donors (Lipinski definition) is 0. The van der Waals surface area contributed by atoms with Crippen LogP contribution >= 0.6 is 11.8 Å². The van der Waals surface area contributed by atoms with Crippen LogP contribution in [0.5, 0.6) is 17.2 Å². The Kier molecular flexibility index (Phi) is 8.67. The third kappa shape index (κ3) is 6.39. The van der Waals surface area contributed by atoms with E-state index >= 15 is 0 Å². The Morgan fingerprint density at radius 1 is 1.05 bits per heavy atom. The predicted octanol–water partition coefficient (Wildman–Crippen LogP) is 4.99. The molecular weight excluding hydrogens is 544 g/mol. The second-order valence-corrected chi connectivity index (χ2v) is 10.2. The number of nitrogens with zero attached hydrogens (tertiary/aromatic N) is 4. The molecule has 3 amide bonds. The van der Waals surface area contributed by atoms with E-state index in [9.17, 15) is 34.6 Å². The van der Waals surface area contributed by atoms with Gasteiger partial charge in [-0.05, 0) is 67.3 Å². The first-order valence-corrected chi connectivity index (χ1v) is 13.3. The molecule has 4 rings (SSSR count). The van der Waals surface area contributed by atoms with E-state index in [0.29, 0.717) is 24.6 Å². The maximum absolute atomic E-state index is 13.0. The highest BCUT2D eigenvalue weighted by Gasteiger charge is 2.37. The van der Waals surface area contributed by atoms with Gasteiger partial charge < -0.3 is 14.4 Å². The van der Waals surface area contributed by atoms with Gasteiger partial charge in [0.1, 0.15) is 6.54 Å². The molecule has 40 heavy (non-hydrogen) atoms. The number of ether oxygens (including phenoxy) is 2. The summed E-state index contributed by atoms with van der Waals surface area (Å²) in [4.78, 5) is 61.9. The van der Waals surface area contributed by atoms with Crippen molar-refractivity contribution in [1.29, 1.82) is 0 Å². The lowest BCUT2D eigenvalue weighted by molar-refractivity contribution is -0.394. The van der Waals surface area contributed by atoms with Crippen LogP contribution in [0.25, 0.3) is 6.08 Å². The summed E-state index contributed by atoms with van der Waals surface area (Å²) in [5.41, 5.74) is -0.570. The van der Waals surface area contributed by atoms with E-state index < -0.39 is 32.4 Å². The minimum atomic E-state index is -0.788. The Morgan fingerprint density at radius 2 is 1.75 bits per heavy atom. The summed E-state index contributed by atoms with van der Waals surface area (Å²) in [5.74, 6) is -0.238. The summed E-state index contributed by atoms with van der Waals surface area (Å²) in [5, 5.41) is 21.9. The molecule has 0 unspecified atom stereocenters. The number of likely N-dealkylation sites (tertiary alicyclic amines) is 1. The lowest BCUT2D eigenvalue weighted by atomic mass is 9.99. The number of imide groups is 1. The van der Waals surface area contributed by atoms with Gasteiger partial charge in [0.15, 0.2) is 11.5 Å². The van der Waals surface area contributed by atoms with E-state index in [0.717, 1.165) is 47.7 Å². The number of nitro groups is 2. The Morgan fingerprint density at radius 3 is 2.40 bits per heavy atom. The Bertz CT molecular complexity index is 1400. The molecule has 2 saturated heterocycles. The van der Waals surface area contributed by atoms with Gasteiger partial charge in [0.2, 0.25) is 11.7 Å². The largest absolute Gasteiger partial charge is 0.490 e. The first-order chi connectivity index (χ1) is 19.1. The molecular formula is C26H26N4O9S. The number of carbonyl (C=O) groups excluding carboxylic acids is 3. The number of amides is 3. The van der Waals surface area contributed by atoms with Crippen LogP contribution in [0.2, 0.25) is 0 Å². The molecule has 210 valence electrons. The first kappa shape index (κ1) is 28.5. The van der Waals surface area contributed by atoms with Gasteiger partial charge in [-0.15, -0.1) is 0 Å². The van der Waals surface area contributed by atoms with Crippen molar-refractivity contribution in [2.75, 3.05) is 26.2 Å². The number of hydrogen-bond acceptors (Lipinski definition) is 10. The zero-order valence-electron chi connectivity index (χ0n) is 21.7. The molecule has 13 nitrogen and oxygen atoms in total. The smallest absolute Gasteiger partial charge is 0.318 e. The molecule has 14 heteroatoms. The number of rotatable bonds is 9. The molecule has 0 radical (unpaired) electrons. The topological polar surface area (TPSA) is 162 Å². The second-order valence-electron chi connectivity index (χ2n) is 9.24. The SMILES string of the molecule is CCOc1cc(/C=C2/SC(=O)N(CC(=O)N3CCC(C)CC3)C2=O)ccc1Oc1ccc([N+](=O)[O-])cc1[N+](=O)[O-]. The third-order valence-corrected chi connectivity index (χ3v) is 7.35. The highest BCUT2D eigenvalue weighted by atomic mass is 32.2. The number of non-ortho nitro benzene ring substituents is 1. The molecule has 0 N–H and O–H groups in total. The highest BCUT2D eigenvalue weighted by molar-refractivity contribution is 8.18. The Labute approximate surface area is 233 Å². The quantitative estimate of drug-likeness (QED) is 0.228. The van der Waals surface area contributed by atoms with Gasteiger partial charge in [0.25, 0.3) is 16.8 Å². The highest BCUT2D eigenvalue weighted by Crippen LogP contribution is 2.39. The van der Waals surface area contributed by atoms with Crippen LogP contribution in [0.3, 0.4) is 0 Å². The van der Waals surface area contributed by atoms with Crippen LogP contribution in [0.4, 0.5) is 16.2 Å². The van der Waals surface area contributed by atoms with Crippen LogP contribution in [0.15, 0.2) is 41.3 Å². The van der Waals surface area contributed by atoms with E-state index in [1.54, 1.807) is 17.9 Å². The summed E-state index contributed by atoms with van der Waals surface area (Å²) < 4.78 is 11.3. The van der Waals surface area contributed by atoms with Crippen molar-refractivity contribution >= 4 is 46.3 Å².